The van der Waals surface area contributed by atoms with Crippen molar-refractivity contribution in [2.24, 2.45) is 0 Å². The standard InChI is InChI=1S/C12H17NO5S2/c1-9(19(2)16)7-8-13-20(17,18)11-5-3-10(4-6-11)12(14)15/h3-6,9,13H,7-8H2,1-2H3,(H,14,15). The maximum absolute atomic E-state index is 11.9. The van der Waals surface area contributed by atoms with Gasteiger partial charge in [0.15, 0.2) is 0 Å². The van der Waals surface area contributed by atoms with E-state index in [1.165, 1.54) is 24.3 Å². The van der Waals surface area contributed by atoms with Crippen LogP contribution in [0.25, 0.3) is 0 Å². The van der Waals surface area contributed by atoms with Gasteiger partial charge in [-0.1, -0.05) is 6.92 Å². The summed E-state index contributed by atoms with van der Waals surface area (Å²) in [7, 11) is -4.66. The molecule has 20 heavy (non-hydrogen) atoms. The van der Waals surface area contributed by atoms with E-state index in [9.17, 15) is 17.4 Å². The van der Waals surface area contributed by atoms with Crippen LogP contribution in [0.4, 0.5) is 0 Å². The van der Waals surface area contributed by atoms with Crippen molar-refractivity contribution in [3.8, 4) is 0 Å². The number of nitrogens with one attached hydrogen (secondary N) is 1. The van der Waals surface area contributed by atoms with Gasteiger partial charge in [0, 0.05) is 28.9 Å². The summed E-state index contributed by atoms with van der Waals surface area (Å²) < 4.78 is 37.4. The first-order chi connectivity index (χ1) is 9.24. The highest BCUT2D eigenvalue weighted by atomic mass is 32.2. The average molecular weight is 319 g/mol. The molecule has 0 radical (unpaired) electrons. The molecule has 0 saturated carbocycles. The zero-order valence-electron chi connectivity index (χ0n) is 11.2. The highest BCUT2D eigenvalue weighted by Crippen LogP contribution is 2.11. The van der Waals surface area contributed by atoms with Gasteiger partial charge in [0.05, 0.1) is 10.5 Å². The minimum Gasteiger partial charge on any atom is -0.478 e. The van der Waals surface area contributed by atoms with E-state index in [2.05, 4.69) is 4.72 Å². The second-order valence-corrected chi connectivity index (χ2v) is 7.89. The van der Waals surface area contributed by atoms with Crippen molar-refractivity contribution in [1.82, 2.24) is 4.72 Å². The lowest BCUT2D eigenvalue weighted by atomic mass is 10.2. The van der Waals surface area contributed by atoms with Gasteiger partial charge in [-0.15, -0.1) is 0 Å². The van der Waals surface area contributed by atoms with Crippen molar-refractivity contribution in [3.05, 3.63) is 29.8 Å². The Labute approximate surface area is 120 Å². The summed E-state index contributed by atoms with van der Waals surface area (Å²) in [6.45, 7) is 1.97. The minimum absolute atomic E-state index is 0.00720. The van der Waals surface area contributed by atoms with Gasteiger partial charge in [-0.05, 0) is 30.7 Å². The zero-order valence-corrected chi connectivity index (χ0v) is 12.8. The van der Waals surface area contributed by atoms with Crippen molar-refractivity contribution in [1.29, 1.82) is 0 Å². The van der Waals surface area contributed by atoms with E-state index >= 15 is 0 Å². The number of hydrogen-bond donors (Lipinski definition) is 2. The fourth-order valence-electron chi connectivity index (χ4n) is 1.42. The molecule has 0 aliphatic carbocycles. The number of carbonyl (C=O) groups is 1. The molecule has 2 N–H and O–H groups in total. The molecule has 0 saturated heterocycles. The quantitative estimate of drug-likeness (QED) is 0.775. The minimum atomic E-state index is -3.67. The lowest BCUT2D eigenvalue weighted by molar-refractivity contribution is 0.0696. The third kappa shape index (κ3) is 4.69. The maximum atomic E-state index is 11.9. The van der Waals surface area contributed by atoms with E-state index in [1.54, 1.807) is 13.2 Å². The summed E-state index contributed by atoms with van der Waals surface area (Å²) in [5.74, 6) is -1.11. The fraction of sp³-hybridized carbons (Fsp3) is 0.417. The highest BCUT2D eigenvalue weighted by molar-refractivity contribution is 7.89. The Morgan fingerprint density at radius 3 is 2.35 bits per heavy atom. The number of sulfonamides is 1. The van der Waals surface area contributed by atoms with Crippen LogP contribution < -0.4 is 4.72 Å². The van der Waals surface area contributed by atoms with E-state index < -0.39 is 26.8 Å². The van der Waals surface area contributed by atoms with Crippen LogP contribution in [0.5, 0.6) is 0 Å². The van der Waals surface area contributed by atoms with Gasteiger partial charge in [0.25, 0.3) is 0 Å². The second-order valence-electron chi connectivity index (χ2n) is 4.33. The van der Waals surface area contributed by atoms with Crippen molar-refractivity contribution >= 4 is 26.8 Å². The van der Waals surface area contributed by atoms with E-state index in [0.717, 1.165) is 0 Å². The molecule has 0 aliphatic rings. The normalized spacial score (nSPS) is 14.7. The Balaban J connectivity index is 2.69. The Morgan fingerprint density at radius 2 is 1.90 bits per heavy atom. The molecule has 1 rings (SSSR count). The molecule has 1 aromatic rings. The van der Waals surface area contributed by atoms with Gasteiger partial charge in [0.2, 0.25) is 10.0 Å². The molecule has 2 unspecified atom stereocenters. The Kier molecular flexibility index (Phi) is 5.85. The molecular formula is C12H17NO5S2. The number of aromatic carboxylic acids is 1. The first-order valence-corrected chi connectivity index (χ1v) is 8.99. The van der Waals surface area contributed by atoms with Crippen LogP contribution in [-0.2, 0) is 20.8 Å². The van der Waals surface area contributed by atoms with Crippen LogP contribution in [0.1, 0.15) is 23.7 Å². The van der Waals surface area contributed by atoms with Gasteiger partial charge in [-0.3, -0.25) is 4.21 Å². The summed E-state index contributed by atoms with van der Waals surface area (Å²) >= 11 is 0. The maximum Gasteiger partial charge on any atom is 0.335 e. The molecule has 6 nitrogen and oxygen atoms in total. The summed E-state index contributed by atoms with van der Waals surface area (Å²) in [4.78, 5) is 10.7. The molecule has 2 atom stereocenters. The monoisotopic (exact) mass is 319 g/mol. The third-order valence-corrected chi connectivity index (χ3v) is 5.67. The predicted molar refractivity (Wildman–Crippen MR) is 76.7 cm³/mol. The lowest BCUT2D eigenvalue weighted by Gasteiger charge is -2.10. The molecule has 0 fully saturated rings. The fourth-order valence-corrected chi connectivity index (χ4v) is 2.92. The van der Waals surface area contributed by atoms with E-state index in [4.69, 9.17) is 5.11 Å². The predicted octanol–water partition coefficient (Wildman–Crippen LogP) is 0.820. The Morgan fingerprint density at radius 1 is 1.35 bits per heavy atom. The summed E-state index contributed by atoms with van der Waals surface area (Å²) in [5, 5.41) is 8.65. The summed E-state index contributed by atoms with van der Waals surface area (Å²) in [6.07, 6.45) is 2.04. The molecule has 0 amide bonds. The molecular weight excluding hydrogens is 302 g/mol. The average Bonchev–Trinajstić information content (AvgIpc) is 2.38. The van der Waals surface area contributed by atoms with Gasteiger partial charge < -0.3 is 5.11 Å². The Hall–Kier alpha value is -1.25. The SMILES string of the molecule is CC(CCNS(=O)(=O)c1ccc(C(=O)O)cc1)S(C)=O. The van der Waals surface area contributed by atoms with Gasteiger partial charge in [0.1, 0.15) is 0 Å². The van der Waals surface area contributed by atoms with Gasteiger partial charge in [-0.25, -0.2) is 17.9 Å². The molecule has 8 heteroatoms. The molecule has 0 aliphatic heterocycles. The summed E-state index contributed by atoms with van der Waals surface area (Å²) in [6, 6.07) is 4.96. The second kappa shape index (κ2) is 6.96. The third-order valence-electron chi connectivity index (χ3n) is 2.82. The first-order valence-electron chi connectivity index (χ1n) is 5.89. The number of carboxylic acids is 1. The number of benzene rings is 1. The molecule has 0 bridgehead atoms. The van der Waals surface area contributed by atoms with Gasteiger partial charge in [-0.2, -0.15) is 0 Å². The van der Waals surface area contributed by atoms with Crippen LogP contribution in [0.15, 0.2) is 29.2 Å². The van der Waals surface area contributed by atoms with Crippen LogP contribution in [-0.4, -0.2) is 41.8 Å². The van der Waals surface area contributed by atoms with Crippen LogP contribution in [0.2, 0.25) is 0 Å². The molecule has 112 valence electrons. The van der Waals surface area contributed by atoms with Crippen molar-refractivity contribution in [2.75, 3.05) is 12.8 Å². The highest BCUT2D eigenvalue weighted by Gasteiger charge is 2.15. The van der Waals surface area contributed by atoms with E-state index in [1.807, 2.05) is 0 Å². The molecule has 0 spiro atoms. The van der Waals surface area contributed by atoms with E-state index in [-0.39, 0.29) is 22.3 Å². The number of carboxylic acid groups (broad SMARTS) is 1. The number of rotatable bonds is 7. The largest absolute Gasteiger partial charge is 0.478 e. The molecule has 0 heterocycles. The van der Waals surface area contributed by atoms with Crippen LogP contribution in [0.3, 0.4) is 0 Å². The first kappa shape index (κ1) is 16.8. The van der Waals surface area contributed by atoms with Crippen LogP contribution >= 0.6 is 0 Å². The molecule has 0 aromatic heterocycles. The molecule has 1 aromatic carbocycles. The topological polar surface area (TPSA) is 101 Å². The number of hydrogen-bond acceptors (Lipinski definition) is 4. The van der Waals surface area contributed by atoms with Crippen molar-refractivity contribution < 1.29 is 22.5 Å². The zero-order chi connectivity index (χ0) is 15.3. The van der Waals surface area contributed by atoms with Crippen molar-refractivity contribution in [2.45, 2.75) is 23.5 Å². The Bertz CT molecular complexity index is 595. The summed E-state index contributed by atoms with van der Waals surface area (Å²) in [5.41, 5.74) is 0.0268. The van der Waals surface area contributed by atoms with E-state index in [0.29, 0.717) is 6.42 Å². The van der Waals surface area contributed by atoms with Gasteiger partial charge >= 0.3 is 5.97 Å². The smallest absolute Gasteiger partial charge is 0.335 e. The van der Waals surface area contributed by atoms with Crippen LogP contribution in [0, 0.1) is 0 Å². The van der Waals surface area contributed by atoms with Crippen molar-refractivity contribution in [3.63, 3.8) is 0 Å². The lowest BCUT2D eigenvalue weighted by Crippen LogP contribution is -2.27.